The number of ether oxygens (including phenoxy) is 1. The lowest BCUT2D eigenvalue weighted by molar-refractivity contribution is -0.145. The zero-order valence-corrected chi connectivity index (χ0v) is 17.4. The Morgan fingerprint density at radius 3 is 2.54 bits per heavy atom. The molecule has 5 nitrogen and oxygen atoms in total. The molecule has 148 valence electrons. The first kappa shape index (κ1) is 22.1. The summed E-state index contributed by atoms with van der Waals surface area (Å²) in [6.07, 6.45) is 1.53. The van der Waals surface area contributed by atoms with Gasteiger partial charge in [0.1, 0.15) is 0 Å². The number of halogens is 2. The van der Waals surface area contributed by atoms with Crippen LogP contribution in [0.2, 0.25) is 10.0 Å². The first-order valence-electron chi connectivity index (χ1n) is 8.69. The highest BCUT2D eigenvalue weighted by atomic mass is 35.5. The SMILES string of the molecule is O=C(CCC(=O)OCCCc1ccccc1)NC(=S)Nc1cc(Cl)ccc1Cl. The van der Waals surface area contributed by atoms with Crippen molar-refractivity contribution in [2.75, 3.05) is 11.9 Å². The molecule has 0 atom stereocenters. The number of aryl methyl sites for hydroxylation is 1. The highest BCUT2D eigenvalue weighted by molar-refractivity contribution is 7.80. The Morgan fingerprint density at radius 2 is 1.79 bits per heavy atom. The van der Waals surface area contributed by atoms with E-state index in [4.69, 9.17) is 40.2 Å². The third-order valence-corrected chi connectivity index (χ3v) is 4.47. The van der Waals surface area contributed by atoms with Crippen LogP contribution >= 0.6 is 35.4 Å². The summed E-state index contributed by atoms with van der Waals surface area (Å²) >= 11 is 17.0. The molecule has 0 aromatic heterocycles. The minimum atomic E-state index is -0.417. The van der Waals surface area contributed by atoms with Gasteiger partial charge in [-0.05, 0) is 48.8 Å². The number of anilines is 1. The minimum absolute atomic E-state index is 0.0162. The van der Waals surface area contributed by atoms with Crippen LogP contribution in [-0.4, -0.2) is 23.6 Å². The van der Waals surface area contributed by atoms with Gasteiger partial charge in [-0.1, -0.05) is 53.5 Å². The van der Waals surface area contributed by atoms with Gasteiger partial charge in [0, 0.05) is 11.4 Å². The summed E-state index contributed by atoms with van der Waals surface area (Å²) in [7, 11) is 0. The summed E-state index contributed by atoms with van der Waals surface area (Å²) in [5.74, 6) is -0.808. The fourth-order valence-electron chi connectivity index (χ4n) is 2.33. The highest BCUT2D eigenvalue weighted by Crippen LogP contribution is 2.25. The fourth-order valence-corrected chi connectivity index (χ4v) is 2.89. The number of carbonyl (C=O) groups excluding carboxylic acids is 2. The number of amides is 1. The van der Waals surface area contributed by atoms with E-state index in [0.29, 0.717) is 22.3 Å². The van der Waals surface area contributed by atoms with Gasteiger partial charge in [0.05, 0.1) is 23.7 Å². The second kappa shape index (κ2) is 11.6. The molecule has 0 heterocycles. The van der Waals surface area contributed by atoms with E-state index in [9.17, 15) is 9.59 Å². The maximum absolute atomic E-state index is 11.9. The summed E-state index contributed by atoms with van der Waals surface area (Å²) in [5.41, 5.74) is 1.68. The van der Waals surface area contributed by atoms with E-state index in [1.807, 2.05) is 30.3 Å². The first-order chi connectivity index (χ1) is 13.4. The monoisotopic (exact) mass is 438 g/mol. The molecule has 0 bridgehead atoms. The van der Waals surface area contributed by atoms with Crippen molar-refractivity contribution in [2.45, 2.75) is 25.7 Å². The van der Waals surface area contributed by atoms with Gasteiger partial charge in [-0.3, -0.25) is 9.59 Å². The van der Waals surface area contributed by atoms with Gasteiger partial charge >= 0.3 is 5.97 Å². The maximum atomic E-state index is 11.9. The Balaban J connectivity index is 1.62. The molecule has 0 aliphatic rings. The van der Waals surface area contributed by atoms with Crippen molar-refractivity contribution in [1.82, 2.24) is 5.32 Å². The molecule has 0 aliphatic heterocycles. The van der Waals surface area contributed by atoms with Gasteiger partial charge in [-0.2, -0.15) is 0 Å². The molecule has 2 aromatic carbocycles. The lowest BCUT2D eigenvalue weighted by Gasteiger charge is -2.11. The van der Waals surface area contributed by atoms with Gasteiger partial charge in [0.15, 0.2) is 5.11 Å². The predicted octanol–water partition coefficient (Wildman–Crippen LogP) is 4.76. The molecule has 2 aromatic rings. The molecule has 0 saturated heterocycles. The van der Waals surface area contributed by atoms with Crippen molar-refractivity contribution in [3.05, 3.63) is 64.1 Å². The number of thiocarbonyl (C=S) groups is 1. The molecule has 2 N–H and O–H groups in total. The van der Waals surface area contributed by atoms with Crippen LogP contribution in [0.5, 0.6) is 0 Å². The van der Waals surface area contributed by atoms with Crippen molar-refractivity contribution in [3.63, 3.8) is 0 Å². The van der Waals surface area contributed by atoms with Crippen LogP contribution in [-0.2, 0) is 20.7 Å². The summed E-state index contributed by atoms with van der Waals surface area (Å²) in [6.45, 7) is 0.322. The number of carbonyl (C=O) groups is 2. The molecule has 0 spiro atoms. The number of esters is 1. The van der Waals surface area contributed by atoms with E-state index in [-0.39, 0.29) is 18.0 Å². The highest BCUT2D eigenvalue weighted by Gasteiger charge is 2.11. The summed E-state index contributed by atoms with van der Waals surface area (Å²) in [6, 6.07) is 14.8. The molecular formula is C20H20Cl2N2O3S. The van der Waals surface area contributed by atoms with E-state index in [1.165, 1.54) is 5.56 Å². The second-order valence-electron chi connectivity index (χ2n) is 5.94. The lowest BCUT2D eigenvalue weighted by Crippen LogP contribution is -2.34. The Kier molecular flexibility index (Phi) is 9.20. The van der Waals surface area contributed by atoms with Gasteiger partial charge < -0.3 is 15.4 Å². The van der Waals surface area contributed by atoms with Crippen molar-refractivity contribution < 1.29 is 14.3 Å². The largest absolute Gasteiger partial charge is 0.466 e. The standard InChI is InChI=1S/C20H20Cl2N2O3S/c21-15-8-9-16(22)17(13-15)23-20(28)24-18(25)10-11-19(26)27-12-4-7-14-5-2-1-3-6-14/h1-3,5-6,8-9,13H,4,7,10-12H2,(H2,23,24,25,28). The van der Waals surface area contributed by atoms with Crippen LogP contribution in [0.25, 0.3) is 0 Å². The average molecular weight is 439 g/mol. The van der Waals surface area contributed by atoms with Crippen molar-refractivity contribution in [2.24, 2.45) is 0 Å². The zero-order chi connectivity index (χ0) is 20.4. The molecular weight excluding hydrogens is 419 g/mol. The van der Waals surface area contributed by atoms with Crippen LogP contribution in [0, 0.1) is 0 Å². The van der Waals surface area contributed by atoms with Crippen molar-refractivity contribution >= 4 is 58.1 Å². The second-order valence-corrected chi connectivity index (χ2v) is 7.19. The molecule has 1 amide bonds. The number of benzene rings is 2. The van der Waals surface area contributed by atoms with Crippen LogP contribution in [0.1, 0.15) is 24.8 Å². The molecule has 0 unspecified atom stereocenters. The van der Waals surface area contributed by atoms with Gasteiger partial charge in [0.25, 0.3) is 0 Å². The number of rotatable bonds is 8. The van der Waals surface area contributed by atoms with Gasteiger partial charge in [-0.15, -0.1) is 0 Å². The van der Waals surface area contributed by atoms with Crippen LogP contribution in [0.3, 0.4) is 0 Å². The third-order valence-electron chi connectivity index (χ3n) is 3.70. The van der Waals surface area contributed by atoms with Gasteiger partial charge in [0.2, 0.25) is 5.91 Å². The van der Waals surface area contributed by atoms with Crippen LogP contribution < -0.4 is 10.6 Å². The van der Waals surface area contributed by atoms with Crippen molar-refractivity contribution in [3.8, 4) is 0 Å². The molecule has 0 saturated carbocycles. The van der Waals surface area contributed by atoms with E-state index in [2.05, 4.69) is 10.6 Å². The molecule has 28 heavy (non-hydrogen) atoms. The quantitative estimate of drug-likeness (QED) is 0.353. The molecule has 0 aliphatic carbocycles. The smallest absolute Gasteiger partial charge is 0.306 e. The number of hydrogen-bond acceptors (Lipinski definition) is 4. The Bertz CT molecular complexity index is 831. The lowest BCUT2D eigenvalue weighted by atomic mass is 10.1. The van der Waals surface area contributed by atoms with E-state index in [1.54, 1.807) is 18.2 Å². The van der Waals surface area contributed by atoms with E-state index >= 15 is 0 Å². The first-order valence-corrected chi connectivity index (χ1v) is 9.86. The summed E-state index contributed by atoms with van der Waals surface area (Å²) in [5, 5.41) is 6.26. The topological polar surface area (TPSA) is 67.4 Å². The zero-order valence-electron chi connectivity index (χ0n) is 15.0. The maximum Gasteiger partial charge on any atom is 0.306 e. The van der Waals surface area contributed by atoms with Crippen molar-refractivity contribution in [1.29, 1.82) is 0 Å². The minimum Gasteiger partial charge on any atom is -0.466 e. The molecule has 0 radical (unpaired) electrons. The Morgan fingerprint density at radius 1 is 1.04 bits per heavy atom. The van der Waals surface area contributed by atoms with Gasteiger partial charge in [-0.25, -0.2) is 0 Å². The number of hydrogen-bond donors (Lipinski definition) is 2. The molecule has 0 fully saturated rings. The third kappa shape index (κ3) is 8.25. The normalized spacial score (nSPS) is 10.2. The van der Waals surface area contributed by atoms with E-state index in [0.717, 1.165) is 12.8 Å². The van der Waals surface area contributed by atoms with Crippen LogP contribution in [0.4, 0.5) is 5.69 Å². The van der Waals surface area contributed by atoms with Crippen LogP contribution in [0.15, 0.2) is 48.5 Å². The average Bonchev–Trinajstić information content (AvgIpc) is 2.67. The Hall–Kier alpha value is -2.15. The molecule has 2 rings (SSSR count). The summed E-state index contributed by atoms with van der Waals surface area (Å²) < 4.78 is 5.14. The Labute approximate surface area is 179 Å². The predicted molar refractivity (Wildman–Crippen MR) is 116 cm³/mol. The summed E-state index contributed by atoms with van der Waals surface area (Å²) in [4.78, 5) is 23.6. The number of nitrogens with one attached hydrogen (secondary N) is 2. The fraction of sp³-hybridized carbons (Fsp3) is 0.250. The van der Waals surface area contributed by atoms with E-state index < -0.39 is 11.9 Å². The molecule has 8 heteroatoms.